The number of hydrogen-bond acceptors (Lipinski definition) is 2. The fraction of sp³-hybridized carbons (Fsp3) is 0.417. The van der Waals surface area contributed by atoms with Gasteiger partial charge in [-0.1, -0.05) is 0 Å². The Bertz CT molecular complexity index is 433. The Kier molecular flexibility index (Phi) is 3.38. The lowest BCUT2D eigenvalue weighted by atomic mass is 10.1. The average Bonchev–Trinajstić information content (AvgIpc) is 3.12. The van der Waals surface area contributed by atoms with Crippen molar-refractivity contribution in [2.45, 2.75) is 18.9 Å². The molecular formula is C12H14F2N2O. The summed E-state index contributed by atoms with van der Waals surface area (Å²) in [6.07, 6.45) is 2.15. The highest BCUT2D eigenvalue weighted by atomic mass is 19.1. The van der Waals surface area contributed by atoms with E-state index in [2.05, 4.69) is 5.32 Å². The molecule has 5 heteroatoms. The second-order valence-corrected chi connectivity index (χ2v) is 4.34. The standard InChI is InChI=1S/C12H14F2N2O/c13-8-3-4-10(14)9(5-8)12(17)16-6-11(15)7-1-2-7/h3-5,7,11H,1-2,6,15H2,(H,16,17). The number of rotatable bonds is 4. The highest BCUT2D eigenvalue weighted by Gasteiger charge is 2.28. The highest BCUT2D eigenvalue weighted by molar-refractivity contribution is 5.94. The summed E-state index contributed by atoms with van der Waals surface area (Å²) in [7, 11) is 0. The van der Waals surface area contributed by atoms with Gasteiger partial charge in [0.05, 0.1) is 5.56 Å². The van der Waals surface area contributed by atoms with Crippen molar-refractivity contribution in [3.8, 4) is 0 Å². The van der Waals surface area contributed by atoms with Crippen LogP contribution in [0.15, 0.2) is 18.2 Å². The Morgan fingerprint density at radius 1 is 1.47 bits per heavy atom. The van der Waals surface area contributed by atoms with Crippen molar-refractivity contribution in [3.63, 3.8) is 0 Å². The lowest BCUT2D eigenvalue weighted by Crippen LogP contribution is -2.38. The van der Waals surface area contributed by atoms with Crippen molar-refractivity contribution in [3.05, 3.63) is 35.4 Å². The average molecular weight is 240 g/mol. The van der Waals surface area contributed by atoms with Crippen LogP contribution in [0.3, 0.4) is 0 Å². The van der Waals surface area contributed by atoms with Gasteiger partial charge in [-0.05, 0) is 37.0 Å². The second kappa shape index (κ2) is 4.79. The van der Waals surface area contributed by atoms with E-state index in [1.807, 2.05) is 0 Å². The summed E-state index contributed by atoms with van der Waals surface area (Å²) in [5.74, 6) is -1.54. The molecule has 1 saturated carbocycles. The lowest BCUT2D eigenvalue weighted by Gasteiger charge is -2.11. The van der Waals surface area contributed by atoms with Gasteiger partial charge in [-0.2, -0.15) is 0 Å². The van der Waals surface area contributed by atoms with Crippen LogP contribution in [-0.4, -0.2) is 18.5 Å². The highest BCUT2D eigenvalue weighted by Crippen LogP contribution is 2.31. The fourth-order valence-electron chi connectivity index (χ4n) is 1.67. The molecule has 0 saturated heterocycles. The Hall–Kier alpha value is -1.49. The van der Waals surface area contributed by atoms with Crippen molar-refractivity contribution >= 4 is 5.91 Å². The maximum Gasteiger partial charge on any atom is 0.254 e. The molecule has 1 unspecified atom stereocenters. The zero-order chi connectivity index (χ0) is 12.4. The molecule has 0 radical (unpaired) electrons. The van der Waals surface area contributed by atoms with Crippen LogP contribution in [0, 0.1) is 17.6 Å². The maximum absolute atomic E-state index is 13.3. The second-order valence-electron chi connectivity index (χ2n) is 4.34. The van der Waals surface area contributed by atoms with E-state index in [0.29, 0.717) is 12.5 Å². The minimum atomic E-state index is -0.733. The van der Waals surface area contributed by atoms with Crippen molar-refractivity contribution in [2.75, 3.05) is 6.54 Å². The number of halogens is 2. The molecule has 1 amide bonds. The van der Waals surface area contributed by atoms with Gasteiger partial charge in [0, 0.05) is 12.6 Å². The minimum Gasteiger partial charge on any atom is -0.350 e. The number of carbonyl (C=O) groups is 1. The number of carbonyl (C=O) groups excluding carboxylic acids is 1. The van der Waals surface area contributed by atoms with Crippen LogP contribution in [0.5, 0.6) is 0 Å². The Balaban J connectivity index is 1.96. The van der Waals surface area contributed by atoms with Crippen LogP contribution in [0.1, 0.15) is 23.2 Å². The molecule has 92 valence electrons. The van der Waals surface area contributed by atoms with Crippen LogP contribution in [0.25, 0.3) is 0 Å². The number of benzene rings is 1. The quantitative estimate of drug-likeness (QED) is 0.836. The Labute approximate surface area is 98.0 Å². The summed E-state index contributed by atoms with van der Waals surface area (Å²) in [5.41, 5.74) is 5.51. The summed E-state index contributed by atoms with van der Waals surface area (Å²) in [4.78, 5) is 11.6. The first-order chi connectivity index (χ1) is 8.08. The van der Waals surface area contributed by atoms with Crippen LogP contribution in [0.4, 0.5) is 8.78 Å². The van der Waals surface area contributed by atoms with Crippen molar-refractivity contribution in [1.82, 2.24) is 5.32 Å². The number of nitrogens with two attached hydrogens (primary N) is 1. The smallest absolute Gasteiger partial charge is 0.254 e. The van der Waals surface area contributed by atoms with Gasteiger partial charge in [0.25, 0.3) is 5.91 Å². The van der Waals surface area contributed by atoms with Gasteiger partial charge >= 0.3 is 0 Å². The van der Waals surface area contributed by atoms with Crippen LogP contribution < -0.4 is 11.1 Å². The molecule has 17 heavy (non-hydrogen) atoms. The summed E-state index contributed by atoms with van der Waals surface area (Å²) in [6, 6.07) is 2.69. The molecule has 3 N–H and O–H groups in total. The number of hydrogen-bond donors (Lipinski definition) is 2. The Morgan fingerprint density at radius 3 is 2.82 bits per heavy atom. The monoisotopic (exact) mass is 240 g/mol. The van der Waals surface area contributed by atoms with E-state index >= 15 is 0 Å². The SMILES string of the molecule is NC(CNC(=O)c1cc(F)ccc1F)C1CC1. The normalized spacial score (nSPS) is 16.6. The van der Waals surface area contributed by atoms with Crippen LogP contribution in [-0.2, 0) is 0 Å². The third-order valence-corrected chi connectivity index (χ3v) is 2.90. The predicted molar refractivity (Wildman–Crippen MR) is 59.4 cm³/mol. The van der Waals surface area contributed by atoms with E-state index in [-0.39, 0.29) is 11.6 Å². The molecule has 0 spiro atoms. The Morgan fingerprint density at radius 2 is 2.18 bits per heavy atom. The van der Waals surface area contributed by atoms with Gasteiger partial charge < -0.3 is 11.1 Å². The van der Waals surface area contributed by atoms with Gasteiger partial charge in [-0.25, -0.2) is 8.78 Å². The largest absolute Gasteiger partial charge is 0.350 e. The van der Waals surface area contributed by atoms with Gasteiger partial charge in [-0.3, -0.25) is 4.79 Å². The molecule has 1 aliphatic rings. The lowest BCUT2D eigenvalue weighted by molar-refractivity contribution is 0.0945. The van der Waals surface area contributed by atoms with Gasteiger partial charge in [0.2, 0.25) is 0 Å². The first-order valence-electron chi connectivity index (χ1n) is 5.57. The first-order valence-corrected chi connectivity index (χ1v) is 5.57. The summed E-state index contributed by atoms with van der Waals surface area (Å²) in [6.45, 7) is 0.291. The topological polar surface area (TPSA) is 55.1 Å². The van der Waals surface area contributed by atoms with Gasteiger partial charge in [0.15, 0.2) is 0 Å². The molecule has 0 heterocycles. The third-order valence-electron chi connectivity index (χ3n) is 2.90. The predicted octanol–water partition coefficient (Wildman–Crippen LogP) is 1.43. The summed E-state index contributed by atoms with van der Waals surface area (Å²) < 4.78 is 26.1. The molecular weight excluding hydrogens is 226 g/mol. The molecule has 0 aromatic heterocycles. The zero-order valence-corrected chi connectivity index (χ0v) is 9.25. The van der Waals surface area contributed by atoms with E-state index < -0.39 is 17.5 Å². The van der Waals surface area contributed by atoms with E-state index in [1.165, 1.54) is 0 Å². The van der Waals surface area contributed by atoms with E-state index in [9.17, 15) is 13.6 Å². The molecule has 2 rings (SSSR count). The molecule has 1 atom stereocenters. The van der Waals surface area contributed by atoms with Crippen molar-refractivity contribution in [1.29, 1.82) is 0 Å². The molecule has 1 aromatic carbocycles. The maximum atomic E-state index is 13.3. The van der Waals surface area contributed by atoms with Crippen molar-refractivity contribution < 1.29 is 13.6 Å². The third kappa shape index (κ3) is 3.00. The molecule has 1 aromatic rings. The van der Waals surface area contributed by atoms with Gasteiger partial charge in [0.1, 0.15) is 11.6 Å². The summed E-state index contributed by atoms with van der Waals surface area (Å²) >= 11 is 0. The molecule has 1 aliphatic carbocycles. The summed E-state index contributed by atoms with van der Waals surface area (Å²) in [5, 5.41) is 2.52. The molecule has 0 bridgehead atoms. The molecule has 0 aliphatic heterocycles. The van der Waals surface area contributed by atoms with E-state index in [1.54, 1.807) is 0 Å². The first kappa shape index (κ1) is 12.0. The fourth-order valence-corrected chi connectivity index (χ4v) is 1.67. The van der Waals surface area contributed by atoms with E-state index in [0.717, 1.165) is 31.0 Å². The van der Waals surface area contributed by atoms with Gasteiger partial charge in [-0.15, -0.1) is 0 Å². The van der Waals surface area contributed by atoms with E-state index in [4.69, 9.17) is 5.73 Å². The van der Waals surface area contributed by atoms with Crippen LogP contribution >= 0.6 is 0 Å². The van der Waals surface area contributed by atoms with Crippen molar-refractivity contribution in [2.24, 2.45) is 11.7 Å². The molecule has 3 nitrogen and oxygen atoms in total. The van der Waals surface area contributed by atoms with Crippen LogP contribution in [0.2, 0.25) is 0 Å². The molecule has 1 fully saturated rings. The minimum absolute atomic E-state index is 0.101. The number of amides is 1. The zero-order valence-electron chi connectivity index (χ0n) is 9.25. The number of nitrogens with one attached hydrogen (secondary N) is 1.